The first-order valence-electron chi connectivity index (χ1n) is 5.21. The van der Waals surface area contributed by atoms with Crippen molar-refractivity contribution in [2.24, 2.45) is 5.73 Å². The fourth-order valence-electron chi connectivity index (χ4n) is 1.29. The van der Waals surface area contributed by atoms with Gasteiger partial charge in [-0.25, -0.2) is 8.42 Å². The van der Waals surface area contributed by atoms with Crippen molar-refractivity contribution < 1.29 is 17.9 Å². The van der Waals surface area contributed by atoms with Crippen LogP contribution in [0.3, 0.4) is 0 Å². The maximum absolute atomic E-state index is 11.1. The van der Waals surface area contributed by atoms with Crippen LogP contribution in [-0.2, 0) is 9.84 Å². The lowest BCUT2D eigenvalue weighted by Gasteiger charge is -2.10. The molecule has 0 aliphatic rings. The van der Waals surface area contributed by atoms with Gasteiger partial charge in [0.05, 0.1) is 36.7 Å². The van der Waals surface area contributed by atoms with Crippen LogP contribution in [0.2, 0.25) is 0 Å². The number of hydrogen-bond donors (Lipinski definition) is 1. The normalized spacial score (nSPS) is 12.3. The zero-order valence-corrected chi connectivity index (χ0v) is 11.3. The van der Waals surface area contributed by atoms with Crippen LogP contribution in [0.1, 0.15) is 12.6 Å². The molecule has 1 heterocycles. The average Bonchev–Trinajstić information content (AvgIpc) is 2.27. The number of hydrogen-bond acceptors (Lipinski definition) is 6. The zero-order chi connectivity index (χ0) is 13.8. The van der Waals surface area contributed by atoms with Gasteiger partial charge in [-0.2, -0.15) is 0 Å². The molecule has 18 heavy (non-hydrogen) atoms. The second kappa shape index (κ2) is 5.72. The average molecular weight is 272 g/mol. The third-order valence-corrected chi connectivity index (χ3v) is 2.67. The molecule has 0 unspecified atom stereocenters. The second-order valence-electron chi connectivity index (χ2n) is 3.56. The van der Waals surface area contributed by atoms with Gasteiger partial charge in [-0.05, 0) is 6.92 Å². The smallest absolute Gasteiger partial charge is 0.179 e. The third kappa shape index (κ3) is 3.92. The molecule has 0 saturated heterocycles. The Morgan fingerprint density at radius 3 is 2.67 bits per heavy atom. The van der Waals surface area contributed by atoms with E-state index in [2.05, 4.69) is 4.98 Å². The fraction of sp³-hybridized carbons (Fsp3) is 0.364. The molecule has 0 amide bonds. The van der Waals surface area contributed by atoms with Gasteiger partial charge in [-0.3, -0.25) is 4.98 Å². The number of ether oxygens (including phenoxy) is 2. The molecule has 0 aliphatic heterocycles. The summed E-state index contributed by atoms with van der Waals surface area (Å²) in [5.74, 6) is 0.933. The summed E-state index contributed by atoms with van der Waals surface area (Å²) in [5, 5.41) is 0.956. The molecule has 7 heteroatoms. The van der Waals surface area contributed by atoms with Gasteiger partial charge in [-0.1, -0.05) is 0 Å². The Morgan fingerprint density at radius 2 is 2.17 bits per heavy atom. The molecule has 6 nitrogen and oxygen atoms in total. The fourth-order valence-corrected chi connectivity index (χ4v) is 1.88. The van der Waals surface area contributed by atoms with Gasteiger partial charge in [0.1, 0.15) is 0 Å². The molecule has 0 aromatic carbocycles. The van der Waals surface area contributed by atoms with E-state index in [-0.39, 0.29) is 5.70 Å². The zero-order valence-electron chi connectivity index (χ0n) is 10.5. The minimum atomic E-state index is -3.31. The maximum atomic E-state index is 11.1. The quantitative estimate of drug-likeness (QED) is 0.852. The van der Waals surface area contributed by atoms with Crippen molar-refractivity contribution >= 4 is 15.5 Å². The summed E-state index contributed by atoms with van der Waals surface area (Å²) < 4.78 is 32.6. The molecular weight excluding hydrogens is 256 g/mol. The van der Waals surface area contributed by atoms with Gasteiger partial charge in [0.15, 0.2) is 21.3 Å². The summed E-state index contributed by atoms with van der Waals surface area (Å²) in [6, 6.07) is 1.54. The Bertz CT molecular complexity index is 552. The summed E-state index contributed by atoms with van der Waals surface area (Å²) >= 11 is 0. The van der Waals surface area contributed by atoms with Crippen LogP contribution in [0.5, 0.6) is 11.5 Å². The minimum absolute atomic E-state index is 0.0566. The molecule has 0 fully saturated rings. The standard InChI is InChI=1S/C11H16N2O4S/c1-4-17-10-5-9(13-6-11(10)16-2)8(12)7-18(3,14)15/h5-7H,4,12H2,1-3H3. The summed E-state index contributed by atoms with van der Waals surface area (Å²) in [6.45, 7) is 2.28. The van der Waals surface area contributed by atoms with Crippen molar-refractivity contribution in [3.8, 4) is 11.5 Å². The Balaban J connectivity index is 3.19. The van der Waals surface area contributed by atoms with Gasteiger partial charge in [-0.15, -0.1) is 0 Å². The van der Waals surface area contributed by atoms with E-state index < -0.39 is 9.84 Å². The highest BCUT2D eigenvalue weighted by Gasteiger charge is 2.09. The molecule has 0 atom stereocenters. The Labute approximate surface area is 106 Å². The van der Waals surface area contributed by atoms with E-state index in [0.717, 1.165) is 11.7 Å². The van der Waals surface area contributed by atoms with E-state index in [0.29, 0.717) is 23.8 Å². The number of methoxy groups -OCH3 is 1. The van der Waals surface area contributed by atoms with Crippen LogP contribution < -0.4 is 15.2 Å². The van der Waals surface area contributed by atoms with E-state index >= 15 is 0 Å². The summed E-state index contributed by atoms with van der Waals surface area (Å²) in [7, 11) is -1.82. The number of nitrogens with zero attached hydrogens (tertiary/aromatic N) is 1. The Morgan fingerprint density at radius 1 is 1.50 bits per heavy atom. The maximum Gasteiger partial charge on any atom is 0.179 e. The lowest BCUT2D eigenvalue weighted by Crippen LogP contribution is -2.04. The number of aromatic nitrogens is 1. The van der Waals surface area contributed by atoms with Crippen molar-refractivity contribution in [2.75, 3.05) is 20.0 Å². The molecule has 1 aromatic rings. The van der Waals surface area contributed by atoms with Crippen LogP contribution in [0.15, 0.2) is 17.7 Å². The van der Waals surface area contributed by atoms with Crippen LogP contribution in [0.4, 0.5) is 0 Å². The Kier molecular flexibility index (Phi) is 4.55. The monoisotopic (exact) mass is 272 g/mol. The highest BCUT2D eigenvalue weighted by atomic mass is 32.2. The predicted octanol–water partition coefficient (Wildman–Crippen LogP) is 0.791. The molecule has 100 valence electrons. The summed E-state index contributed by atoms with van der Waals surface area (Å²) in [5.41, 5.74) is 6.04. The van der Waals surface area contributed by atoms with Crippen LogP contribution >= 0.6 is 0 Å². The van der Waals surface area contributed by atoms with E-state index in [4.69, 9.17) is 15.2 Å². The highest BCUT2D eigenvalue weighted by Crippen LogP contribution is 2.27. The first-order valence-corrected chi connectivity index (χ1v) is 7.17. The van der Waals surface area contributed by atoms with Crippen molar-refractivity contribution in [1.82, 2.24) is 4.98 Å². The number of rotatable bonds is 5. The van der Waals surface area contributed by atoms with Crippen molar-refractivity contribution in [2.45, 2.75) is 6.92 Å². The number of sulfone groups is 1. The van der Waals surface area contributed by atoms with Crippen molar-refractivity contribution in [3.63, 3.8) is 0 Å². The Hall–Kier alpha value is -1.76. The van der Waals surface area contributed by atoms with Crippen LogP contribution in [0.25, 0.3) is 5.70 Å². The highest BCUT2D eigenvalue weighted by molar-refractivity contribution is 7.93. The molecule has 0 saturated carbocycles. The van der Waals surface area contributed by atoms with Gasteiger partial charge in [0.25, 0.3) is 0 Å². The summed E-state index contributed by atoms with van der Waals surface area (Å²) in [4.78, 5) is 4.01. The van der Waals surface area contributed by atoms with E-state index in [1.165, 1.54) is 13.3 Å². The molecule has 0 aliphatic carbocycles. The van der Waals surface area contributed by atoms with Crippen LogP contribution in [0, 0.1) is 0 Å². The third-order valence-electron chi connectivity index (χ3n) is 1.99. The first-order chi connectivity index (χ1) is 8.37. The van der Waals surface area contributed by atoms with E-state index in [9.17, 15) is 8.42 Å². The molecule has 0 radical (unpaired) electrons. The molecule has 1 rings (SSSR count). The SMILES string of the molecule is CCOc1cc(C(N)=CS(C)(=O)=O)ncc1OC. The summed E-state index contributed by atoms with van der Waals surface area (Å²) in [6.07, 6.45) is 2.50. The lowest BCUT2D eigenvalue weighted by molar-refractivity contribution is 0.309. The molecule has 0 spiro atoms. The molecule has 0 bridgehead atoms. The van der Waals surface area contributed by atoms with Crippen molar-refractivity contribution in [3.05, 3.63) is 23.4 Å². The van der Waals surface area contributed by atoms with E-state index in [1.54, 1.807) is 6.07 Å². The topological polar surface area (TPSA) is 91.5 Å². The number of pyridine rings is 1. The van der Waals surface area contributed by atoms with Gasteiger partial charge < -0.3 is 15.2 Å². The molecule has 1 aromatic heterocycles. The van der Waals surface area contributed by atoms with Gasteiger partial charge in [0.2, 0.25) is 0 Å². The van der Waals surface area contributed by atoms with Gasteiger partial charge in [0, 0.05) is 12.3 Å². The first kappa shape index (κ1) is 14.3. The minimum Gasteiger partial charge on any atom is -0.491 e. The van der Waals surface area contributed by atoms with Crippen molar-refractivity contribution in [1.29, 1.82) is 0 Å². The second-order valence-corrected chi connectivity index (χ2v) is 5.45. The predicted molar refractivity (Wildman–Crippen MR) is 69.0 cm³/mol. The largest absolute Gasteiger partial charge is 0.491 e. The van der Waals surface area contributed by atoms with E-state index in [1.807, 2.05) is 6.92 Å². The lowest BCUT2D eigenvalue weighted by atomic mass is 10.3. The number of nitrogens with two attached hydrogens (primary N) is 1. The molecular formula is C11H16N2O4S. The van der Waals surface area contributed by atoms with Gasteiger partial charge >= 0.3 is 0 Å². The molecule has 2 N–H and O–H groups in total. The van der Waals surface area contributed by atoms with Crippen LogP contribution in [-0.4, -0.2) is 33.4 Å².